The molecule has 2 aliphatic rings. The average molecular weight is 788 g/mol. The van der Waals surface area contributed by atoms with Gasteiger partial charge >= 0.3 is 0 Å². The summed E-state index contributed by atoms with van der Waals surface area (Å²) in [6.45, 7) is 0. The second-order valence-electron chi connectivity index (χ2n) is 16.4. The van der Waals surface area contributed by atoms with Crippen LogP contribution in [0.4, 0.5) is 17.1 Å². The molecule has 0 atom stereocenters. The van der Waals surface area contributed by atoms with E-state index in [0.29, 0.717) is 0 Å². The first kappa shape index (κ1) is 35.9. The third-order valence-electron chi connectivity index (χ3n) is 13.1. The fourth-order valence-electron chi connectivity index (χ4n) is 10.4. The highest BCUT2D eigenvalue weighted by molar-refractivity contribution is 5.98. The van der Waals surface area contributed by atoms with E-state index in [4.69, 9.17) is 0 Å². The molecule has 2 aliphatic carbocycles. The van der Waals surface area contributed by atoms with Crippen molar-refractivity contribution in [1.82, 2.24) is 0 Å². The zero-order chi connectivity index (χ0) is 41.0. The minimum Gasteiger partial charge on any atom is -0.310 e. The van der Waals surface area contributed by atoms with Crippen LogP contribution in [0.1, 0.15) is 22.3 Å². The minimum atomic E-state index is -0.552. The Kier molecular flexibility index (Phi) is 8.47. The molecule has 62 heavy (non-hydrogen) atoms. The summed E-state index contributed by atoms with van der Waals surface area (Å²) in [5.41, 5.74) is 22.8. The van der Waals surface area contributed by atoms with Gasteiger partial charge in [-0.3, -0.25) is 0 Å². The molecule has 12 rings (SSSR count). The van der Waals surface area contributed by atoms with Gasteiger partial charge in [-0.05, 0) is 120 Å². The van der Waals surface area contributed by atoms with Crippen molar-refractivity contribution in [1.29, 1.82) is 0 Å². The van der Waals surface area contributed by atoms with Gasteiger partial charge in [-0.25, -0.2) is 0 Å². The molecule has 0 aromatic heterocycles. The number of hydrogen-bond donors (Lipinski definition) is 0. The number of benzene rings is 10. The van der Waals surface area contributed by atoms with Gasteiger partial charge in [-0.15, -0.1) is 0 Å². The summed E-state index contributed by atoms with van der Waals surface area (Å²) >= 11 is 0. The quantitative estimate of drug-likeness (QED) is 0.162. The van der Waals surface area contributed by atoms with Gasteiger partial charge in [0.2, 0.25) is 0 Å². The highest BCUT2D eigenvalue weighted by atomic mass is 15.1. The highest BCUT2D eigenvalue weighted by Crippen LogP contribution is 2.62. The molecular weight excluding hydrogens is 747 g/mol. The second-order valence-corrected chi connectivity index (χ2v) is 16.4. The predicted molar refractivity (Wildman–Crippen MR) is 259 cm³/mol. The van der Waals surface area contributed by atoms with E-state index in [1.54, 1.807) is 0 Å². The second kappa shape index (κ2) is 14.6. The lowest BCUT2D eigenvalue weighted by Gasteiger charge is -2.35. The van der Waals surface area contributed by atoms with Crippen molar-refractivity contribution in [3.8, 4) is 66.8 Å². The molecule has 1 spiro atoms. The van der Waals surface area contributed by atoms with Gasteiger partial charge in [-0.1, -0.05) is 212 Å². The first-order valence-electron chi connectivity index (χ1n) is 21.5. The summed E-state index contributed by atoms with van der Waals surface area (Å²) in [4.78, 5) is 2.42. The molecule has 0 unspecified atom stereocenters. The zero-order valence-corrected chi connectivity index (χ0v) is 34.1. The van der Waals surface area contributed by atoms with E-state index in [9.17, 15) is 0 Å². The van der Waals surface area contributed by atoms with Crippen LogP contribution in [-0.2, 0) is 5.41 Å². The van der Waals surface area contributed by atoms with Crippen LogP contribution in [0.2, 0.25) is 0 Å². The maximum absolute atomic E-state index is 2.51. The van der Waals surface area contributed by atoms with Crippen molar-refractivity contribution in [3.05, 3.63) is 271 Å². The summed E-state index contributed by atoms with van der Waals surface area (Å²) in [6, 6.07) is 91.7. The molecule has 10 aromatic carbocycles. The summed E-state index contributed by atoms with van der Waals surface area (Å²) in [7, 11) is 0. The molecule has 0 bridgehead atoms. The summed E-state index contributed by atoms with van der Waals surface area (Å²) in [5.74, 6) is 0. The summed E-state index contributed by atoms with van der Waals surface area (Å²) in [6.07, 6.45) is 0. The molecule has 10 aromatic rings. The Morgan fingerprint density at radius 1 is 0.226 bits per heavy atom. The molecule has 1 heteroatoms. The van der Waals surface area contributed by atoms with Crippen LogP contribution in [0.3, 0.4) is 0 Å². The molecule has 290 valence electrons. The van der Waals surface area contributed by atoms with E-state index in [0.717, 1.165) is 17.1 Å². The lowest BCUT2D eigenvalue weighted by atomic mass is 9.65. The Hall–Kier alpha value is -8.00. The molecule has 1 nitrogen and oxygen atoms in total. The molecule has 0 N–H and O–H groups in total. The van der Waals surface area contributed by atoms with Gasteiger partial charge in [0.15, 0.2) is 0 Å². The largest absolute Gasteiger partial charge is 0.310 e. The number of rotatable bonds is 6. The van der Waals surface area contributed by atoms with Crippen LogP contribution < -0.4 is 4.90 Å². The lowest BCUT2D eigenvalue weighted by Crippen LogP contribution is -2.29. The van der Waals surface area contributed by atoms with Crippen molar-refractivity contribution >= 4 is 17.1 Å². The summed E-state index contributed by atoms with van der Waals surface area (Å²) in [5, 5.41) is 0. The van der Waals surface area contributed by atoms with E-state index in [1.807, 2.05) is 0 Å². The maximum atomic E-state index is 2.51. The van der Waals surface area contributed by atoms with Crippen LogP contribution in [0.15, 0.2) is 249 Å². The highest BCUT2D eigenvalue weighted by Gasteiger charge is 2.49. The molecule has 0 radical (unpaired) electrons. The van der Waals surface area contributed by atoms with Gasteiger partial charge in [0, 0.05) is 16.9 Å². The van der Waals surface area contributed by atoms with Crippen molar-refractivity contribution in [3.63, 3.8) is 0 Å². The monoisotopic (exact) mass is 787 g/mol. The SMILES string of the molecule is c1ccc(-c2ccc(N(c3ccc(-c4ccccc4)cc3)c3ccccc3-c3ccc4c(c3)C3(c5ccccc5-c5ccccc5-c5ccccc53)c3ccccc3-4)cc2)cc1. The van der Waals surface area contributed by atoms with Gasteiger partial charge < -0.3 is 4.90 Å². The van der Waals surface area contributed by atoms with Crippen LogP contribution in [-0.4, -0.2) is 0 Å². The predicted octanol–water partition coefficient (Wildman–Crippen LogP) is 16.2. The Morgan fingerprint density at radius 2 is 0.565 bits per heavy atom. The molecule has 0 saturated heterocycles. The van der Waals surface area contributed by atoms with E-state index < -0.39 is 5.41 Å². The van der Waals surface area contributed by atoms with Crippen LogP contribution in [0.25, 0.3) is 66.8 Å². The fourth-order valence-corrected chi connectivity index (χ4v) is 10.4. The Morgan fingerprint density at radius 3 is 1.05 bits per heavy atom. The Labute approximate surface area is 363 Å². The van der Waals surface area contributed by atoms with Gasteiger partial charge in [0.25, 0.3) is 0 Å². The smallest absolute Gasteiger partial charge is 0.0725 e. The van der Waals surface area contributed by atoms with E-state index in [-0.39, 0.29) is 0 Å². The zero-order valence-electron chi connectivity index (χ0n) is 34.1. The molecule has 0 fully saturated rings. The van der Waals surface area contributed by atoms with Crippen molar-refractivity contribution in [2.45, 2.75) is 5.41 Å². The van der Waals surface area contributed by atoms with E-state index in [2.05, 4.69) is 254 Å². The van der Waals surface area contributed by atoms with Crippen LogP contribution in [0.5, 0.6) is 0 Å². The first-order valence-corrected chi connectivity index (χ1v) is 21.5. The summed E-state index contributed by atoms with van der Waals surface area (Å²) < 4.78 is 0. The molecule has 0 aliphatic heterocycles. The first-order chi connectivity index (χ1) is 30.8. The van der Waals surface area contributed by atoms with Crippen LogP contribution in [0, 0.1) is 0 Å². The number of anilines is 3. The van der Waals surface area contributed by atoms with Crippen LogP contribution >= 0.6 is 0 Å². The third-order valence-corrected chi connectivity index (χ3v) is 13.1. The lowest BCUT2D eigenvalue weighted by molar-refractivity contribution is 0.775. The Bertz CT molecular complexity index is 3120. The van der Waals surface area contributed by atoms with Gasteiger partial charge in [0.1, 0.15) is 0 Å². The van der Waals surface area contributed by atoms with E-state index in [1.165, 1.54) is 89.0 Å². The molecule has 0 heterocycles. The standard InChI is InChI=1S/C61H41N/c1-3-17-42(18-4-1)44-31-36-47(37-32-44)62(48-38-33-45(34-39-48)43-19-5-2-6-20-43)60-30-16-12-21-49(60)46-35-40-55-54-26-11-15-29-58(54)61(59(55)41-46)56-27-13-9-24-52(56)50-22-7-8-23-51(50)53-25-10-14-28-57(53)61/h1-41H. The molecule has 0 saturated carbocycles. The van der Waals surface area contributed by atoms with Crippen molar-refractivity contribution in [2.75, 3.05) is 4.90 Å². The molecular formula is C61H41N. The van der Waals surface area contributed by atoms with Crippen molar-refractivity contribution < 1.29 is 0 Å². The normalized spacial score (nSPS) is 12.6. The third kappa shape index (κ3) is 5.56. The number of fused-ring (bicyclic) bond motifs is 12. The number of para-hydroxylation sites is 1. The van der Waals surface area contributed by atoms with Gasteiger partial charge in [0.05, 0.1) is 11.1 Å². The maximum Gasteiger partial charge on any atom is 0.0725 e. The minimum absolute atomic E-state index is 0.552. The topological polar surface area (TPSA) is 3.24 Å². The molecule has 0 amide bonds. The Balaban J connectivity index is 1.08. The van der Waals surface area contributed by atoms with E-state index >= 15 is 0 Å². The number of nitrogens with zero attached hydrogens (tertiary/aromatic N) is 1. The fraction of sp³-hybridized carbons (Fsp3) is 0.0164. The average Bonchev–Trinajstić information content (AvgIpc) is 3.59. The van der Waals surface area contributed by atoms with Crippen molar-refractivity contribution in [2.24, 2.45) is 0 Å². The van der Waals surface area contributed by atoms with Gasteiger partial charge in [-0.2, -0.15) is 0 Å². The number of hydrogen-bond acceptors (Lipinski definition) is 1.